The highest BCUT2D eigenvalue weighted by molar-refractivity contribution is 5.47. The predicted molar refractivity (Wildman–Crippen MR) is 76.7 cm³/mol. The van der Waals surface area contributed by atoms with Crippen LogP contribution in [0.15, 0.2) is 42.6 Å². The summed E-state index contributed by atoms with van der Waals surface area (Å²) in [6.45, 7) is 0. The molecule has 1 unspecified atom stereocenters. The minimum atomic E-state index is 0.488. The van der Waals surface area contributed by atoms with Gasteiger partial charge in [-0.25, -0.2) is 4.98 Å². The molecule has 0 bridgehead atoms. The van der Waals surface area contributed by atoms with Crippen LogP contribution < -0.4 is 10.1 Å². The van der Waals surface area contributed by atoms with Crippen molar-refractivity contribution in [2.24, 2.45) is 0 Å². The number of aryl methyl sites for hydroxylation is 1. The van der Waals surface area contributed by atoms with Crippen LogP contribution in [0.3, 0.4) is 0 Å². The van der Waals surface area contributed by atoms with Crippen molar-refractivity contribution in [3.05, 3.63) is 53.7 Å². The number of aromatic nitrogens is 1. The summed E-state index contributed by atoms with van der Waals surface area (Å²) in [6.07, 6.45) is 5.18. The molecule has 0 saturated carbocycles. The van der Waals surface area contributed by atoms with Gasteiger partial charge in [0.05, 0.1) is 7.11 Å². The van der Waals surface area contributed by atoms with E-state index in [1.165, 1.54) is 17.5 Å². The van der Waals surface area contributed by atoms with Crippen LogP contribution in [0.25, 0.3) is 0 Å². The van der Waals surface area contributed by atoms with Gasteiger partial charge in [0.1, 0.15) is 0 Å². The van der Waals surface area contributed by atoms with E-state index < -0.39 is 0 Å². The molecule has 1 aliphatic rings. The zero-order valence-corrected chi connectivity index (χ0v) is 11.1. The fourth-order valence-corrected chi connectivity index (χ4v) is 2.67. The summed E-state index contributed by atoms with van der Waals surface area (Å²) in [5.41, 5.74) is 4.04. The van der Waals surface area contributed by atoms with Gasteiger partial charge < -0.3 is 10.1 Å². The highest BCUT2D eigenvalue weighted by Crippen LogP contribution is 2.24. The Labute approximate surface area is 113 Å². The lowest BCUT2D eigenvalue weighted by Gasteiger charge is -2.26. The van der Waals surface area contributed by atoms with E-state index in [9.17, 15) is 0 Å². The van der Waals surface area contributed by atoms with E-state index in [1.807, 2.05) is 12.1 Å². The lowest BCUT2D eigenvalue weighted by molar-refractivity contribution is 0.398. The van der Waals surface area contributed by atoms with E-state index >= 15 is 0 Å². The first-order valence-electron chi connectivity index (χ1n) is 6.68. The molecule has 1 N–H and O–H groups in total. The highest BCUT2D eigenvalue weighted by atomic mass is 16.5. The van der Waals surface area contributed by atoms with Crippen LogP contribution >= 0.6 is 0 Å². The van der Waals surface area contributed by atoms with Crippen LogP contribution in [0.1, 0.15) is 17.5 Å². The third-order valence-corrected chi connectivity index (χ3v) is 3.66. The molecule has 0 radical (unpaired) electrons. The molecule has 0 spiro atoms. The number of hydrogen-bond donors (Lipinski definition) is 1. The van der Waals surface area contributed by atoms with Crippen molar-refractivity contribution in [1.82, 2.24) is 4.98 Å². The quantitative estimate of drug-likeness (QED) is 0.914. The van der Waals surface area contributed by atoms with Crippen LogP contribution in [0, 0.1) is 0 Å². The Bertz CT molecular complexity index is 568. The monoisotopic (exact) mass is 254 g/mol. The van der Waals surface area contributed by atoms with Gasteiger partial charge in [0.25, 0.3) is 0 Å². The molecule has 0 aliphatic heterocycles. The minimum absolute atomic E-state index is 0.488. The molecule has 98 valence electrons. The maximum Gasteiger partial charge on any atom is 0.214 e. The molecule has 19 heavy (non-hydrogen) atoms. The topological polar surface area (TPSA) is 34.1 Å². The number of nitrogens with zero attached hydrogens (tertiary/aromatic N) is 1. The number of benzene rings is 1. The van der Waals surface area contributed by atoms with Crippen molar-refractivity contribution in [2.45, 2.75) is 25.3 Å². The average Bonchev–Trinajstić information content (AvgIpc) is 2.47. The lowest BCUT2D eigenvalue weighted by Crippen LogP contribution is -2.27. The molecule has 1 heterocycles. The Morgan fingerprint density at radius 2 is 2.05 bits per heavy atom. The zero-order chi connectivity index (χ0) is 13.1. The van der Waals surface area contributed by atoms with E-state index in [2.05, 4.69) is 34.6 Å². The Kier molecular flexibility index (Phi) is 3.36. The largest absolute Gasteiger partial charge is 0.481 e. The summed E-state index contributed by atoms with van der Waals surface area (Å²) >= 11 is 0. The van der Waals surface area contributed by atoms with Gasteiger partial charge in [-0.2, -0.15) is 0 Å². The molecule has 3 rings (SSSR count). The summed E-state index contributed by atoms with van der Waals surface area (Å²) in [4.78, 5) is 4.12. The number of anilines is 1. The van der Waals surface area contributed by atoms with E-state index in [4.69, 9.17) is 4.74 Å². The smallest absolute Gasteiger partial charge is 0.214 e. The van der Waals surface area contributed by atoms with Gasteiger partial charge in [-0.05, 0) is 36.5 Å². The third kappa shape index (κ3) is 2.70. The second kappa shape index (κ2) is 5.31. The molecule has 0 saturated heterocycles. The van der Waals surface area contributed by atoms with Crippen molar-refractivity contribution in [2.75, 3.05) is 12.4 Å². The molecule has 3 nitrogen and oxygen atoms in total. The number of fused-ring (bicyclic) bond motifs is 1. The zero-order valence-electron chi connectivity index (χ0n) is 11.1. The number of nitrogens with one attached hydrogen (secondary N) is 1. The van der Waals surface area contributed by atoms with Gasteiger partial charge >= 0.3 is 0 Å². The normalized spacial score (nSPS) is 17.6. The van der Waals surface area contributed by atoms with Crippen molar-refractivity contribution in [1.29, 1.82) is 0 Å². The predicted octanol–water partition coefficient (Wildman–Crippen LogP) is 3.06. The number of pyridine rings is 1. The summed E-state index contributed by atoms with van der Waals surface area (Å²) in [5.74, 6) is 0.654. The van der Waals surface area contributed by atoms with Crippen molar-refractivity contribution >= 4 is 5.69 Å². The van der Waals surface area contributed by atoms with Gasteiger partial charge in [0, 0.05) is 24.0 Å². The van der Waals surface area contributed by atoms with E-state index in [0.29, 0.717) is 11.9 Å². The Balaban J connectivity index is 1.71. The second-order valence-corrected chi connectivity index (χ2v) is 4.94. The first kappa shape index (κ1) is 12.0. The second-order valence-electron chi connectivity index (χ2n) is 4.94. The Morgan fingerprint density at radius 1 is 1.21 bits per heavy atom. The van der Waals surface area contributed by atoms with Crippen molar-refractivity contribution < 1.29 is 4.74 Å². The van der Waals surface area contributed by atoms with E-state index in [-0.39, 0.29) is 0 Å². The van der Waals surface area contributed by atoms with E-state index in [1.54, 1.807) is 13.3 Å². The van der Waals surface area contributed by atoms with Gasteiger partial charge in [-0.15, -0.1) is 0 Å². The first-order chi connectivity index (χ1) is 9.35. The Hall–Kier alpha value is -2.03. The number of ether oxygens (including phenoxy) is 1. The standard InChI is InChI=1S/C16H18N2O/c1-19-16-11-15(8-9-17-16)18-14-7-6-12-4-2-3-5-13(12)10-14/h2-5,8-9,11,14H,6-7,10H2,1H3,(H,17,18). The summed E-state index contributed by atoms with van der Waals surface area (Å²) in [6, 6.07) is 13.1. The molecule has 3 heteroatoms. The maximum absolute atomic E-state index is 5.15. The van der Waals surface area contributed by atoms with Gasteiger partial charge in [-0.3, -0.25) is 0 Å². The fourth-order valence-electron chi connectivity index (χ4n) is 2.67. The molecular formula is C16H18N2O. The summed E-state index contributed by atoms with van der Waals surface area (Å²) in [7, 11) is 1.64. The molecule has 0 amide bonds. The molecule has 1 aromatic heterocycles. The fraction of sp³-hybridized carbons (Fsp3) is 0.312. The molecular weight excluding hydrogens is 236 g/mol. The van der Waals surface area contributed by atoms with Crippen LogP contribution in [-0.2, 0) is 12.8 Å². The van der Waals surface area contributed by atoms with Crippen molar-refractivity contribution in [3.8, 4) is 5.88 Å². The number of hydrogen-bond acceptors (Lipinski definition) is 3. The number of methoxy groups -OCH3 is 1. The third-order valence-electron chi connectivity index (χ3n) is 3.66. The molecule has 0 fully saturated rings. The SMILES string of the molecule is COc1cc(NC2CCc3ccccc3C2)ccn1. The Morgan fingerprint density at radius 3 is 2.89 bits per heavy atom. The average molecular weight is 254 g/mol. The summed E-state index contributed by atoms with van der Waals surface area (Å²) in [5, 5.41) is 3.58. The minimum Gasteiger partial charge on any atom is -0.481 e. The van der Waals surface area contributed by atoms with Gasteiger partial charge in [-0.1, -0.05) is 24.3 Å². The molecule has 2 aromatic rings. The van der Waals surface area contributed by atoms with Crippen molar-refractivity contribution in [3.63, 3.8) is 0 Å². The van der Waals surface area contributed by atoms with Crippen LogP contribution in [-0.4, -0.2) is 18.1 Å². The van der Waals surface area contributed by atoms with Crippen LogP contribution in [0.5, 0.6) is 5.88 Å². The van der Waals surface area contributed by atoms with Crippen LogP contribution in [0.2, 0.25) is 0 Å². The summed E-state index contributed by atoms with van der Waals surface area (Å²) < 4.78 is 5.15. The lowest BCUT2D eigenvalue weighted by atomic mass is 9.88. The number of rotatable bonds is 3. The van der Waals surface area contributed by atoms with Crippen LogP contribution in [0.4, 0.5) is 5.69 Å². The first-order valence-corrected chi connectivity index (χ1v) is 6.68. The molecule has 1 atom stereocenters. The van der Waals surface area contributed by atoms with Gasteiger partial charge in [0.2, 0.25) is 5.88 Å². The van der Waals surface area contributed by atoms with Gasteiger partial charge in [0.15, 0.2) is 0 Å². The maximum atomic E-state index is 5.15. The molecule has 1 aromatic carbocycles. The highest BCUT2D eigenvalue weighted by Gasteiger charge is 2.17. The van der Waals surface area contributed by atoms with E-state index in [0.717, 1.165) is 18.5 Å². The molecule has 1 aliphatic carbocycles.